The van der Waals surface area contributed by atoms with E-state index in [1.165, 1.54) is 0 Å². The highest BCUT2D eigenvalue weighted by molar-refractivity contribution is 9.11. The molecule has 0 aromatic carbocycles. The quantitative estimate of drug-likeness (QED) is 0.672. The predicted octanol–water partition coefficient (Wildman–Crippen LogP) is 2.59. The van der Waals surface area contributed by atoms with E-state index in [9.17, 15) is 0 Å². The van der Waals surface area contributed by atoms with Crippen molar-refractivity contribution >= 4 is 27.5 Å². The minimum atomic E-state index is 0.0652. The van der Waals surface area contributed by atoms with Gasteiger partial charge in [0.25, 0.3) is 0 Å². The van der Waals surface area contributed by atoms with Crippen LogP contribution in [0.2, 0.25) is 0 Å². The van der Waals surface area contributed by atoms with Crippen molar-refractivity contribution in [2.24, 2.45) is 5.92 Å². The molecule has 1 fully saturated rings. The molecule has 0 spiro atoms. The van der Waals surface area contributed by atoms with Gasteiger partial charge < -0.3 is 10.1 Å². The molecule has 68 valence electrons. The molecule has 13 heavy (non-hydrogen) atoms. The number of nitrogens with one attached hydrogen (secondary N) is 2. The van der Waals surface area contributed by atoms with Crippen LogP contribution in [0.1, 0.15) is 12.8 Å². The zero-order chi connectivity index (χ0) is 9.42. The third-order valence-electron chi connectivity index (χ3n) is 2.18. The van der Waals surface area contributed by atoms with Crippen LogP contribution in [0.4, 0.5) is 0 Å². The fourth-order valence-electron chi connectivity index (χ4n) is 1.53. The minimum Gasteiger partial charge on any atom is -0.447 e. The Morgan fingerprint density at radius 1 is 1.46 bits per heavy atom. The van der Waals surface area contributed by atoms with E-state index >= 15 is 0 Å². The lowest BCUT2D eigenvalue weighted by molar-refractivity contribution is 0.343. The van der Waals surface area contributed by atoms with Crippen LogP contribution in [0.3, 0.4) is 0 Å². The van der Waals surface area contributed by atoms with Gasteiger partial charge in [-0.1, -0.05) is 22.0 Å². The van der Waals surface area contributed by atoms with Crippen LogP contribution in [0, 0.1) is 16.7 Å². The molecule has 0 aromatic heterocycles. The number of allylic oxidation sites excluding steroid dienone is 4. The van der Waals surface area contributed by atoms with Gasteiger partial charge in [0.15, 0.2) is 5.90 Å². The lowest BCUT2D eigenvalue weighted by Gasteiger charge is -2.28. The fraction of sp³-hybridized carbons (Fsp3) is 0.333. The molecule has 4 heteroatoms. The number of hydrogen-bond donors (Lipinski definition) is 2. The molecule has 0 bridgehead atoms. The Balaban J connectivity index is 2.31. The smallest absolute Gasteiger partial charge is 0.192 e. The summed E-state index contributed by atoms with van der Waals surface area (Å²) in [6.07, 6.45) is 5.03. The van der Waals surface area contributed by atoms with Crippen molar-refractivity contribution in [1.82, 2.24) is 0 Å². The maximum Gasteiger partial charge on any atom is 0.192 e. The first-order chi connectivity index (χ1) is 6.16. The van der Waals surface area contributed by atoms with Crippen LogP contribution < -0.4 is 0 Å². The third kappa shape index (κ3) is 1.58. The zero-order valence-electron chi connectivity index (χ0n) is 6.93. The predicted molar refractivity (Wildman–Crippen MR) is 54.4 cm³/mol. The van der Waals surface area contributed by atoms with Crippen LogP contribution in [-0.4, -0.2) is 11.6 Å². The molecule has 1 atom stereocenters. The van der Waals surface area contributed by atoms with Crippen LogP contribution in [0.15, 0.2) is 22.4 Å². The molecule has 1 unspecified atom stereocenters. The maximum absolute atomic E-state index is 7.70. The molecule has 1 aliphatic heterocycles. The van der Waals surface area contributed by atoms with Gasteiger partial charge in [-0.15, -0.1) is 0 Å². The second-order valence-electron chi connectivity index (χ2n) is 3.15. The van der Waals surface area contributed by atoms with E-state index in [1.807, 2.05) is 12.2 Å². The average molecular weight is 241 g/mol. The van der Waals surface area contributed by atoms with E-state index in [0.29, 0.717) is 12.1 Å². The van der Waals surface area contributed by atoms with Crippen molar-refractivity contribution in [3.05, 3.63) is 22.4 Å². The highest BCUT2D eigenvalue weighted by Crippen LogP contribution is 2.32. The van der Waals surface area contributed by atoms with E-state index in [2.05, 4.69) is 15.9 Å². The molecule has 1 heterocycles. The van der Waals surface area contributed by atoms with Crippen LogP contribution in [0.25, 0.3) is 0 Å². The number of halogens is 1. The summed E-state index contributed by atoms with van der Waals surface area (Å²) >= 11 is 3.35. The molecule has 0 saturated carbocycles. The van der Waals surface area contributed by atoms with Gasteiger partial charge in [-0.25, -0.2) is 0 Å². The summed E-state index contributed by atoms with van der Waals surface area (Å²) in [6.45, 7) is 0. The van der Waals surface area contributed by atoms with E-state index in [1.54, 1.807) is 0 Å². The fourth-order valence-corrected chi connectivity index (χ4v) is 1.94. The lowest BCUT2D eigenvalue weighted by Crippen LogP contribution is -2.29. The van der Waals surface area contributed by atoms with E-state index < -0.39 is 0 Å². The molecule has 1 aliphatic carbocycles. The third-order valence-corrected chi connectivity index (χ3v) is 2.74. The first-order valence-electron chi connectivity index (χ1n) is 4.06. The first-order valence-corrected chi connectivity index (χ1v) is 4.86. The van der Waals surface area contributed by atoms with Crippen molar-refractivity contribution < 1.29 is 4.74 Å². The second-order valence-corrected chi connectivity index (χ2v) is 4.07. The molecule has 2 aliphatic rings. The van der Waals surface area contributed by atoms with E-state index in [-0.39, 0.29) is 11.8 Å². The normalized spacial score (nSPS) is 27.3. The van der Waals surface area contributed by atoms with Gasteiger partial charge in [-0.05, 0) is 12.5 Å². The van der Waals surface area contributed by atoms with Gasteiger partial charge in [0.2, 0.25) is 0 Å². The summed E-state index contributed by atoms with van der Waals surface area (Å²) in [6, 6.07) is 0. The molecule has 2 N–H and O–H groups in total. The van der Waals surface area contributed by atoms with E-state index in [4.69, 9.17) is 15.6 Å². The Bertz CT molecular complexity index is 344. The molecule has 0 amide bonds. The number of fused-ring (bicyclic) bond motifs is 1. The van der Waals surface area contributed by atoms with Gasteiger partial charge in [0, 0.05) is 10.2 Å². The largest absolute Gasteiger partial charge is 0.447 e. The molecule has 0 radical (unpaired) electrons. The minimum absolute atomic E-state index is 0.0652. The zero-order valence-corrected chi connectivity index (χ0v) is 8.52. The summed E-state index contributed by atoms with van der Waals surface area (Å²) in [7, 11) is 0. The summed E-state index contributed by atoms with van der Waals surface area (Å²) in [5, 5.41) is 15.1. The summed E-state index contributed by atoms with van der Waals surface area (Å²) in [5.74, 6) is 0.973. The SMILES string of the molecule is N=C1CC(=N)C2CC=C(Br)C=C2O1. The molecular formula is C9H9BrN2O. The van der Waals surface area contributed by atoms with Gasteiger partial charge in [-0.3, -0.25) is 5.41 Å². The van der Waals surface area contributed by atoms with Crippen molar-refractivity contribution in [3.8, 4) is 0 Å². The Labute approximate surface area is 84.6 Å². The standard InChI is InChI=1S/C9H9BrN2O/c10-5-1-2-6-7(11)4-9(12)13-8(6)3-5/h1,3,6,11-12H,2,4H2. The van der Waals surface area contributed by atoms with Gasteiger partial charge in [-0.2, -0.15) is 0 Å². The highest BCUT2D eigenvalue weighted by atomic mass is 79.9. The van der Waals surface area contributed by atoms with Gasteiger partial charge in [0.1, 0.15) is 5.76 Å². The maximum atomic E-state index is 7.70. The molecule has 2 rings (SSSR count). The van der Waals surface area contributed by atoms with Crippen molar-refractivity contribution in [3.63, 3.8) is 0 Å². The van der Waals surface area contributed by atoms with Crippen LogP contribution in [-0.2, 0) is 4.74 Å². The Hall–Kier alpha value is -0.900. The molecule has 1 saturated heterocycles. The Kier molecular flexibility index (Phi) is 2.07. The molecular weight excluding hydrogens is 232 g/mol. The molecule has 3 nitrogen and oxygen atoms in total. The molecule has 0 aromatic rings. The van der Waals surface area contributed by atoms with E-state index in [0.717, 1.165) is 16.7 Å². The number of hydrogen-bond acceptors (Lipinski definition) is 3. The van der Waals surface area contributed by atoms with Crippen LogP contribution in [0.5, 0.6) is 0 Å². The summed E-state index contributed by atoms with van der Waals surface area (Å²) in [4.78, 5) is 0. The monoisotopic (exact) mass is 240 g/mol. The topological polar surface area (TPSA) is 56.9 Å². The van der Waals surface area contributed by atoms with Crippen molar-refractivity contribution in [2.45, 2.75) is 12.8 Å². The average Bonchev–Trinajstić information content (AvgIpc) is 2.02. The van der Waals surface area contributed by atoms with Gasteiger partial charge in [0.05, 0.1) is 12.3 Å². The first kappa shape index (κ1) is 8.69. The summed E-state index contributed by atoms with van der Waals surface area (Å²) in [5.41, 5.74) is 0.582. The highest BCUT2D eigenvalue weighted by Gasteiger charge is 2.29. The number of rotatable bonds is 0. The summed E-state index contributed by atoms with van der Waals surface area (Å²) < 4.78 is 6.24. The van der Waals surface area contributed by atoms with Crippen LogP contribution >= 0.6 is 15.9 Å². The Morgan fingerprint density at radius 2 is 2.23 bits per heavy atom. The van der Waals surface area contributed by atoms with Crippen molar-refractivity contribution in [2.75, 3.05) is 0 Å². The van der Waals surface area contributed by atoms with Crippen molar-refractivity contribution in [1.29, 1.82) is 10.8 Å². The van der Waals surface area contributed by atoms with Gasteiger partial charge >= 0.3 is 0 Å². The second kappa shape index (κ2) is 3.10. The Morgan fingerprint density at radius 3 is 3.00 bits per heavy atom. The number of ether oxygens (including phenoxy) is 1. The lowest BCUT2D eigenvalue weighted by atomic mass is 9.90.